The first-order valence-electron chi connectivity index (χ1n) is 12.3. The van der Waals surface area contributed by atoms with Crippen molar-refractivity contribution < 1.29 is 14.5 Å². The Hall–Kier alpha value is -2.77. The molecule has 0 aromatic heterocycles. The fourth-order valence-electron chi connectivity index (χ4n) is 5.47. The molecule has 7 nitrogen and oxygen atoms in total. The van der Waals surface area contributed by atoms with Crippen LogP contribution in [0.3, 0.4) is 0 Å². The van der Waals surface area contributed by atoms with E-state index in [1.807, 2.05) is 30.3 Å². The Balaban J connectivity index is 1.58. The summed E-state index contributed by atoms with van der Waals surface area (Å²) in [6.45, 7) is 2.00. The molecule has 2 aliphatic rings. The molecule has 1 heterocycles. The predicted octanol–water partition coefficient (Wildman–Crippen LogP) is 4.59. The summed E-state index contributed by atoms with van der Waals surface area (Å²) in [7, 11) is 3.86. The van der Waals surface area contributed by atoms with Gasteiger partial charge in [0.05, 0.1) is 22.0 Å². The number of likely N-dealkylation sites (tertiary alicyclic amines) is 1. The Morgan fingerprint density at radius 2 is 1.82 bits per heavy atom. The molecule has 182 valence electrons. The minimum atomic E-state index is -0.486. The molecule has 1 saturated carbocycles. The van der Waals surface area contributed by atoms with Crippen molar-refractivity contribution in [2.45, 2.75) is 57.1 Å². The second-order valence-electron chi connectivity index (χ2n) is 9.92. The number of carbonyl (C=O) groups excluding carboxylic acids is 1. The average molecular weight is 466 g/mol. The molecule has 7 heteroatoms. The molecule has 1 saturated heterocycles. The molecule has 2 aromatic rings. The number of carbonyl (C=O) groups is 1. The monoisotopic (exact) mass is 465 g/mol. The van der Waals surface area contributed by atoms with Crippen molar-refractivity contribution in [1.82, 2.24) is 10.2 Å². The quantitative estimate of drug-likeness (QED) is 0.478. The molecule has 1 aliphatic carbocycles. The number of para-hydroxylation sites is 1. The van der Waals surface area contributed by atoms with Gasteiger partial charge in [0.1, 0.15) is 0 Å². The Kier molecular flexibility index (Phi) is 7.63. The number of nitrogens with zero attached hydrogens (tertiary/aromatic N) is 2. The van der Waals surface area contributed by atoms with Crippen molar-refractivity contribution in [2.24, 2.45) is 5.41 Å². The van der Waals surface area contributed by atoms with Crippen LogP contribution in [0.15, 0.2) is 48.5 Å². The summed E-state index contributed by atoms with van der Waals surface area (Å²) < 4.78 is 5.59. The zero-order valence-corrected chi connectivity index (χ0v) is 20.2. The van der Waals surface area contributed by atoms with Gasteiger partial charge in [-0.3, -0.25) is 14.9 Å². The number of nitrogens with one attached hydrogen (secondary N) is 1. The first kappa shape index (κ1) is 24.4. The zero-order chi connectivity index (χ0) is 24.1. The lowest BCUT2D eigenvalue weighted by molar-refractivity contribution is -0.384. The minimum Gasteiger partial charge on any atom is -0.381 e. The smallest absolute Gasteiger partial charge is 0.277 e. The molecule has 0 bridgehead atoms. The summed E-state index contributed by atoms with van der Waals surface area (Å²) in [5.41, 5.74) is 2.04. The van der Waals surface area contributed by atoms with Gasteiger partial charge >= 0.3 is 0 Å². The molecule has 1 aliphatic heterocycles. The van der Waals surface area contributed by atoms with E-state index in [2.05, 4.69) is 17.3 Å². The SMILES string of the molecule is COC1CCC(Cc2cccc(-c3ccccc3[N+](=O)[O-])c2)(C(=O)NC2CCN(C)CC2)CC1. The van der Waals surface area contributed by atoms with Gasteiger partial charge in [0.2, 0.25) is 5.91 Å². The van der Waals surface area contributed by atoms with Crippen LogP contribution < -0.4 is 5.32 Å². The largest absolute Gasteiger partial charge is 0.381 e. The third-order valence-electron chi connectivity index (χ3n) is 7.64. The first-order valence-corrected chi connectivity index (χ1v) is 12.3. The van der Waals surface area contributed by atoms with Crippen LogP contribution in [0.4, 0.5) is 5.69 Å². The van der Waals surface area contributed by atoms with Crippen LogP contribution in [0.1, 0.15) is 44.1 Å². The van der Waals surface area contributed by atoms with Crippen LogP contribution in [0.25, 0.3) is 11.1 Å². The van der Waals surface area contributed by atoms with E-state index >= 15 is 0 Å². The van der Waals surface area contributed by atoms with Gasteiger partial charge in [-0.2, -0.15) is 0 Å². The lowest BCUT2D eigenvalue weighted by Crippen LogP contribution is -2.51. The van der Waals surface area contributed by atoms with E-state index in [0.29, 0.717) is 12.0 Å². The maximum atomic E-state index is 13.7. The number of ether oxygens (including phenoxy) is 1. The van der Waals surface area contributed by atoms with E-state index in [-0.39, 0.29) is 28.7 Å². The van der Waals surface area contributed by atoms with Crippen molar-refractivity contribution in [1.29, 1.82) is 0 Å². The van der Waals surface area contributed by atoms with Crippen LogP contribution in [-0.2, 0) is 16.0 Å². The number of nitro benzene ring substituents is 1. The standard InChI is InChI=1S/C27H35N3O4/c1-29-16-12-22(13-17-29)28-26(31)27(14-10-23(34-2)11-15-27)19-20-6-5-7-21(18-20)24-8-3-4-9-25(24)30(32)33/h3-9,18,22-23H,10-17,19H2,1-2H3,(H,28,31). The summed E-state index contributed by atoms with van der Waals surface area (Å²) in [6.07, 6.45) is 6.05. The molecule has 0 unspecified atom stereocenters. The molecule has 1 N–H and O–H groups in total. The van der Waals surface area contributed by atoms with E-state index in [9.17, 15) is 14.9 Å². The molecule has 1 amide bonds. The van der Waals surface area contributed by atoms with Crippen LogP contribution in [0, 0.1) is 15.5 Å². The van der Waals surface area contributed by atoms with Gasteiger partial charge in [0.15, 0.2) is 0 Å². The normalized spacial score (nSPS) is 24.0. The Morgan fingerprint density at radius 3 is 2.50 bits per heavy atom. The Bertz CT molecular complexity index is 1010. The number of methoxy groups -OCH3 is 1. The number of benzene rings is 2. The fourth-order valence-corrected chi connectivity index (χ4v) is 5.47. The lowest BCUT2D eigenvalue weighted by Gasteiger charge is -2.40. The van der Waals surface area contributed by atoms with Crippen LogP contribution in [0.2, 0.25) is 0 Å². The van der Waals surface area contributed by atoms with E-state index in [0.717, 1.165) is 62.7 Å². The van der Waals surface area contributed by atoms with Crippen LogP contribution in [-0.4, -0.2) is 55.1 Å². The van der Waals surface area contributed by atoms with Gasteiger partial charge in [-0.05, 0) is 82.3 Å². The van der Waals surface area contributed by atoms with E-state index in [1.54, 1.807) is 19.2 Å². The van der Waals surface area contributed by atoms with E-state index in [1.165, 1.54) is 6.07 Å². The minimum absolute atomic E-state index is 0.0926. The maximum absolute atomic E-state index is 13.7. The van der Waals surface area contributed by atoms with Crippen molar-refractivity contribution in [3.05, 3.63) is 64.2 Å². The van der Waals surface area contributed by atoms with Gasteiger partial charge in [-0.1, -0.05) is 36.4 Å². The highest BCUT2D eigenvalue weighted by Gasteiger charge is 2.42. The summed E-state index contributed by atoms with van der Waals surface area (Å²) in [5.74, 6) is 0.146. The average Bonchev–Trinajstić information content (AvgIpc) is 2.86. The second-order valence-corrected chi connectivity index (χ2v) is 9.92. The van der Waals surface area contributed by atoms with Gasteiger partial charge < -0.3 is 15.0 Å². The fraction of sp³-hybridized carbons (Fsp3) is 0.519. The molecular weight excluding hydrogens is 430 g/mol. The van der Waals surface area contributed by atoms with E-state index in [4.69, 9.17) is 4.74 Å². The van der Waals surface area contributed by atoms with Crippen LogP contribution in [0.5, 0.6) is 0 Å². The molecule has 0 radical (unpaired) electrons. The van der Waals surface area contributed by atoms with Gasteiger partial charge in [-0.25, -0.2) is 0 Å². The van der Waals surface area contributed by atoms with Crippen molar-refractivity contribution in [2.75, 3.05) is 27.2 Å². The second kappa shape index (κ2) is 10.7. The summed E-state index contributed by atoms with van der Waals surface area (Å²) in [5, 5.41) is 14.9. The number of piperidine rings is 1. The number of amides is 1. The summed E-state index contributed by atoms with van der Waals surface area (Å²) in [6, 6.07) is 14.9. The van der Waals surface area contributed by atoms with Crippen molar-refractivity contribution in [3.63, 3.8) is 0 Å². The van der Waals surface area contributed by atoms with Crippen molar-refractivity contribution in [3.8, 4) is 11.1 Å². The zero-order valence-electron chi connectivity index (χ0n) is 20.2. The predicted molar refractivity (Wildman–Crippen MR) is 133 cm³/mol. The molecule has 34 heavy (non-hydrogen) atoms. The highest BCUT2D eigenvalue weighted by Crippen LogP contribution is 2.41. The highest BCUT2D eigenvalue weighted by atomic mass is 16.6. The number of rotatable bonds is 7. The van der Waals surface area contributed by atoms with Gasteiger partial charge in [-0.15, -0.1) is 0 Å². The number of hydrogen-bond acceptors (Lipinski definition) is 5. The van der Waals surface area contributed by atoms with Crippen molar-refractivity contribution >= 4 is 11.6 Å². The Morgan fingerprint density at radius 1 is 1.12 bits per heavy atom. The lowest BCUT2D eigenvalue weighted by atomic mass is 9.68. The first-order chi connectivity index (χ1) is 16.4. The highest BCUT2D eigenvalue weighted by molar-refractivity contribution is 5.83. The molecule has 0 atom stereocenters. The van der Waals surface area contributed by atoms with Crippen LogP contribution >= 0.6 is 0 Å². The molecular formula is C27H35N3O4. The molecule has 2 aromatic carbocycles. The molecule has 0 spiro atoms. The number of nitro groups is 1. The van der Waals surface area contributed by atoms with E-state index < -0.39 is 5.41 Å². The molecule has 4 rings (SSSR count). The third kappa shape index (κ3) is 5.47. The third-order valence-corrected chi connectivity index (χ3v) is 7.64. The molecule has 2 fully saturated rings. The van der Waals surface area contributed by atoms with Gasteiger partial charge in [0, 0.05) is 19.2 Å². The topological polar surface area (TPSA) is 84.7 Å². The summed E-state index contributed by atoms with van der Waals surface area (Å²) in [4.78, 5) is 27.2. The Labute approximate surface area is 201 Å². The maximum Gasteiger partial charge on any atom is 0.277 e. The van der Waals surface area contributed by atoms with Gasteiger partial charge in [0.25, 0.3) is 5.69 Å². The number of hydrogen-bond donors (Lipinski definition) is 1. The summed E-state index contributed by atoms with van der Waals surface area (Å²) >= 11 is 0.